The van der Waals surface area contributed by atoms with E-state index in [0.717, 1.165) is 24.5 Å². The van der Waals surface area contributed by atoms with Crippen molar-refractivity contribution in [3.8, 4) is 23.0 Å². The lowest BCUT2D eigenvalue weighted by Gasteiger charge is -2.42. The standard InChI is InChI=1S/C42H42ClFN8O8/c1-21-18-49(35-29(44)16-27-34(38(35)60-5)51(25-7-8-25)19-28(36(27)53)41(55)56)10-11-50(21)20-52-30-9-6-24(43)15-26(30)33(40(52)54)47-42-46-17-23(39(45)48-42)12-22-13-31(57-2)37(59-4)32(14-22)58-3/h6,9,13-17,19,21,25H,7-8,10-12,18,20H2,1-5H3,(H,55,56)(H2,45,46,48). The highest BCUT2D eigenvalue weighted by atomic mass is 35.5. The molecule has 1 aliphatic carbocycles. The first-order valence-electron chi connectivity index (χ1n) is 19.1. The Morgan fingerprint density at radius 1 is 1.02 bits per heavy atom. The molecule has 8 rings (SSSR count). The number of anilines is 3. The highest BCUT2D eigenvalue weighted by Gasteiger charge is 2.38. The van der Waals surface area contributed by atoms with Crippen LogP contribution < -0.4 is 39.9 Å². The summed E-state index contributed by atoms with van der Waals surface area (Å²) in [7, 11) is 6.02. The molecule has 1 unspecified atom stereocenters. The van der Waals surface area contributed by atoms with Crippen LogP contribution in [0.5, 0.6) is 23.0 Å². The lowest BCUT2D eigenvalue weighted by molar-refractivity contribution is -0.112. The van der Waals surface area contributed by atoms with Crippen LogP contribution in [0.25, 0.3) is 10.9 Å². The minimum atomic E-state index is -1.37. The summed E-state index contributed by atoms with van der Waals surface area (Å²) in [5.74, 6) is -0.654. The molecule has 0 spiro atoms. The van der Waals surface area contributed by atoms with Crippen molar-refractivity contribution >= 4 is 63.2 Å². The van der Waals surface area contributed by atoms with Crippen LogP contribution in [-0.4, -0.2) is 103 Å². The molecule has 0 radical (unpaired) electrons. The molecule has 1 saturated carbocycles. The number of carboxylic acids is 1. The fraction of sp³-hybridized carbons (Fsp3) is 0.333. The fourth-order valence-corrected chi connectivity index (χ4v) is 8.18. The number of piperazine rings is 1. The third kappa shape index (κ3) is 7.17. The smallest absolute Gasteiger partial charge is 0.341 e. The Morgan fingerprint density at radius 3 is 2.35 bits per heavy atom. The zero-order valence-corrected chi connectivity index (χ0v) is 34.2. The van der Waals surface area contributed by atoms with Gasteiger partial charge in [0.1, 0.15) is 22.8 Å². The van der Waals surface area contributed by atoms with E-state index in [1.807, 2.05) is 24.0 Å². The number of nitrogens with zero attached hydrogens (tertiary/aromatic N) is 7. The first-order chi connectivity index (χ1) is 28.8. The van der Waals surface area contributed by atoms with Gasteiger partial charge in [0.2, 0.25) is 11.2 Å². The van der Waals surface area contributed by atoms with Crippen molar-refractivity contribution in [3.63, 3.8) is 0 Å². The van der Waals surface area contributed by atoms with Gasteiger partial charge < -0.3 is 39.3 Å². The molecular formula is C42H42ClFN8O8. The van der Waals surface area contributed by atoms with Crippen LogP contribution >= 0.6 is 11.6 Å². The van der Waals surface area contributed by atoms with Crippen LogP contribution in [0, 0.1) is 5.82 Å². The Kier molecular flexibility index (Phi) is 10.7. The summed E-state index contributed by atoms with van der Waals surface area (Å²) in [5.41, 5.74) is 8.43. The van der Waals surface area contributed by atoms with E-state index >= 15 is 4.39 Å². The van der Waals surface area contributed by atoms with Crippen molar-refractivity contribution in [1.82, 2.24) is 19.4 Å². The number of aromatic carboxylic acids is 1. The fourth-order valence-electron chi connectivity index (χ4n) is 8.01. The molecule has 312 valence electrons. The largest absolute Gasteiger partial charge is 0.493 e. The number of aliphatic imine (C=N–C) groups is 1. The number of carboxylic acid groups (broad SMARTS) is 1. The number of amides is 1. The van der Waals surface area contributed by atoms with Gasteiger partial charge in [-0.2, -0.15) is 4.98 Å². The van der Waals surface area contributed by atoms with E-state index < -0.39 is 22.8 Å². The molecule has 16 nitrogen and oxygen atoms in total. The minimum absolute atomic E-state index is 0.00287. The third-order valence-corrected chi connectivity index (χ3v) is 11.4. The number of halogens is 2. The SMILES string of the molecule is COc1cc(Cc2cnc(N=C3C(=O)N(CN4CCN(c5c(F)cc6c(=O)c(C(=O)O)cn(C7CC7)c6c5OC)CC4C)c4ccc(Cl)cc43)nc2N)cc(OC)c1OC. The average Bonchev–Trinajstić information content (AvgIpc) is 4.05. The number of ether oxygens (including phenoxy) is 4. The van der Waals surface area contributed by atoms with Gasteiger partial charge in [0.15, 0.2) is 23.1 Å². The number of fused-ring (bicyclic) bond motifs is 2. The molecule has 5 aromatic rings. The van der Waals surface area contributed by atoms with Gasteiger partial charge in [-0.1, -0.05) is 11.6 Å². The Hall–Kier alpha value is -6.46. The molecule has 1 amide bonds. The first kappa shape index (κ1) is 40.3. The second-order valence-electron chi connectivity index (χ2n) is 14.8. The molecule has 1 saturated heterocycles. The lowest BCUT2D eigenvalue weighted by Crippen LogP contribution is -2.55. The monoisotopic (exact) mass is 840 g/mol. The Morgan fingerprint density at radius 2 is 1.73 bits per heavy atom. The predicted molar refractivity (Wildman–Crippen MR) is 224 cm³/mol. The second kappa shape index (κ2) is 16.0. The molecule has 18 heteroatoms. The molecular weight excluding hydrogens is 799 g/mol. The number of nitrogen functional groups attached to an aromatic ring is 1. The summed E-state index contributed by atoms with van der Waals surface area (Å²) in [6.45, 7) is 3.31. The van der Waals surface area contributed by atoms with Gasteiger partial charge >= 0.3 is 5.97 Å². The van der Waals surface area contributed by atoms with Gasteiger partial charge in [-0.15, -0.1) is 0 Å². The van der Waals surface area contributed by atoms with E-state index in [1.54, 1.807) is 33.9 Å². The van der Waals surface area contributed by atoms with Gasteiger partial charge in [-0.25, -0.2) is 19.2 Å². The van der Waals surface area contributed by atoms with E-state index in [4.69, 9.17) is 36.3 Å². The van der Waals surface area contributed by atoms with E-state index in [1.165, 1.54) is 34.6 Å². The molecule has 3 aromatic carbocycles. The quantitative estimate of drug-likeness (QED) is 0.161. The highest BCUT2D eigenvalue weighted by molar-refractivity contribution is 6.55. The maximum Gasteiger partial charge on any atom is 0.341 e. The van der Waals surface area contributed by atoms with Crippen molar-refractivity contribution in [1.29, 1.82) is 0 Å². The molecule has 2 fully saturated rings. The summed E-state index contributed by atoms with van der Waals surface area (Å²) in [6, 6.07) is 9.66. The zero-order chi connectivity index (χ0) is 42.6. The number of benzene rings is 3. The van der Waals surface area contributed by atoms with Crippen LogP contribution in [0.2, 0.25) is 5.02 Å². The van der Waals surface area contributed by atoms with Crippen LogP contribution in [0.3, 0.4) is 0 Å². The molecule has 3 N–H and O–H groups in total. The van der Waals surface area contributed by atoms with E-state index in [-0.39, 0.29) is 59.0 Å². The lowest BCUT2D eigenvalue weighted by atomic mass is 10.1. The van der Waals surface area contributed by atoms with Crippen LogP contribution in [0.1, 0.15) is 52.9 Å². The number of carbonyl (C=O) groups excluding carboxylic acids is 1. The second-order valence-corrected chi connectivity index (χ2v) is 15.3. The van der Waals surface area contributed by atoms with Crippen molar-refractivity contribution in [2.75, 3.05) is 70.3 Å². The number of hydrogen-bond acceptors (Lipinski definition) is 13. The number of methoxy groups -OCH3 is 4. The van der Waals surface area contributed by atoms with Crippen molar-refractivity contribution < 1.29 is 38.0 Å². The third-order valence-electron chi connectivity index (χ3n) is 11.1. The zero-order valence-electron chi connectivity index (χ0n) is 33.5. The summed E-state index contributed by atoms with van der Waals surface area (Å²) in [6.07, 6.45) is 4.84. The van der Waals surface area contributed by atoms with Gasteiger partial charge in [0, 0.05) is 66.7 Å². The van der Waals surface area contributed by atoms with E-state index in [0.29, 0.717) is 70.7 Å². The van der Waals surface area contributed by atoms with Crippen molar-refractivity contribution in [3.05, 3.63) is 92.1 Å². The summed E-state index contributed by atoms with van der Waals surface area (Å²) < 4.78 is 40.1. The van der Waals surface area contributed by atoms with Crippen LogP contribution in [-0.2, 0) is 11.2 Å². The van der Waals surface area contributed by atoms with Crippen molar-refractivity contribution in [2.24, 2.45) is 4.99 Å². The molecule has 4 heterocycles. The predicted octanol–water partition coefficient (Wildman–Crippen LogP) is 5.46. The Labute approximate surface area is 348 Å². The molecule has 60 heavy (non-hydrogen) atoms. The number of hydrogen-bond donors (Lipinski definition) is 2. The van der Waals surface area contributed by atoms with Gasteiger partial charge in [-0.05, 0) is 61.7 Å². The van der Waals surface area contributed by atoms with Crippen LogP contribution in [0.4, 0.5) is 27.5 Å². The summed E-state index contributed by atoms with van der Waals surface area (Å²) in [4.78, 5) is 58.4. The molecule has 3 aliphatic rings. The number of carbonyl (C=O) groups is 2. The van der Waals surface area contributed by atoms with Gasteiger partial charge in [-0.3, -0.25) is 19.4 Å². The average molecular weight is 841 g/mol. The van der Waals surface area contributed by atoms with Gasteiger partial charge in [0.25, 0.3) is 11.9 Å². The molecule has 2 aliphatic heterocycles. The highest BCUT2D eigenvalue weighted by Crippen LogP contribution is 2.44. The first-order valence-corrected chi connectivity index (χ1v) is 19.5. The molecule has 0 bridgehead atoms. The maximum absolute atomic E-state index is 16.1. The number of pyridine rings is 1. The summed E-state index contributed by atoms with van der Waals surface area (Å²) >= 11 is 6.43. The Balaban J connectivity index is 1.04. The minimum Gasteiger partial charge on any atom is -0.493 e. The van der Waals surface area contributed by atoms with Crippen molar-refractivity contribution in [2.45, 2.75) is 38.3 Å². The number of aromatic nitrogens is 3. The topological polar surface area (TPSA) is 187 Å². The van der Waals surface area contributed by atoms with E-state index in [9.17, 15) is 19.5 Å². The molecule has 1 atom stereocenters. The van der Waals surface area contributed by atoms with Crippen LogP contribution in [0.15, 0.2) is 58.6 Å². The number of rotatable bonds is 12. The Bertz CT molecular complexity index is 2640. The summed E-state index contributed by atoms with van der Waals surface area (Å²) in [5, 5.41) is 10.1. The molecule has 2 aromatic heterocycles. The maximum atomic E-state index is 16.1. The number of nitrogens with two attached hydrogens (primary N) is 1. The normalized spacial score (nSPS) is 17.4. The van der Waals surface area contributed by atoms with Gasteiger partial charge in [0.05, 0.1) is 51.7 Å². The van der Waals surface area contributed by atoms with E-state index in [2.05, 4.69) is 19.9 Å².